The van der Waals surface area contributed by atoms with Gasteiger partial charge in [0.1, 0.15) is 11.5 Å². The zero-order valence-electron chi connectivity index (χ0n) is 16.3. The van der Waals surface area contributed by atoms with Crippen molar-refractivity contribution in [3.05, 3.63) is 96.6 Å². The number of hydrogen-bond acceptors (Lipinski definition) is 2. The summed E-state index contributed by atoms with van der Waals surface area (Å²) in [6, 6.07) is 27.6. The van der Waals surface area contributed by atoms with Crippen molar-refractivity contribution in [2.24, 2.45) is 0 Å². The van der Waals surface area contributed by atoms with Crippen LogP contribution in [0.4, 0.5) is 5.69 Å². The zero-order valence-corrected chi connectivity index (χ0v) is 16.3. The number of nitrogens with one attached hydrogen (secondary N) is 2. The monoisotopic (exact) mass is 385 g/mol. The molecular formula is C25H25N2O2+. The minimum atomic E-state index is 0.0217. The summed E-state index contributed by atoms with van der Waals surface area (Å²) in [7, 11) is 0. The standard InChI is InChI=1S/C25H24N2O2/c28-25(19-27-16-14-21(15-17-27)20-8-3-1-4-9-20)26-22-10-7-13-24(18-22)29-23-11-5-2-6-12-23/h1-14,18H,15-17,19H2,(H,26,28)/p+1. The number of anilines is 1. The molecule has 1 atom stereocenters. The first-order valence-corrected chi connectivity index (χ1v) is 9.97. The minimum absolute atomic E-state index is 0.0217. The van der Waals surface area contributed by atoms with Gasteiger partial charge in [-0.2, -0.15) is 0 Å². The lowest BCUT2D eigenvalue weighted by atomic mass is 10.00. The van der Waals surface area contributed by atoms with Crippen LogP contribution in [-0.4, -0.2) is 25.5 Å². The molecule has 146 valence electrons. The van der Waals surface area contributed by atoms with Gasteiger partial charge in [0.05, 0.1) is 13.1 Å². The zero-order chi connectivity index (χ0) is 19.9. The Morgan fingerprint density at radius 1 is 0.897 bits per heavy atom. The second kappa shape index (κ2) is 9.22. The normalized spacial score (nSPS) is 16.0. The maximum atomic E-state index is 12.5. The summed E-state index contributed by atoms with van der Waals surface area (Å²) in [4.78, 5) is 13.8. The van der Waals surface area contributed by atoms with Gasteiger partial charge in [0.25, 0.3) is 5.91 Å². The maximum Gasteiger partial charge on any atom is 0.279 e. The Kier molecular flexibility index (Phi) is 6.03. The summed E-state index contributed by atoms with van der Waals surface area (Å²) in [5, 5.41) is 3.00. The Hall–Kier alpha value is -3.37. The van der Waals surface area contributed by atoms with Crippen molar-refractivity contribution in [3.63, 3.8) is 0 Å². The summed E-state index contributed by atoms with van der Waals surface area (Å²) in [6.45, 7) is 2.29. The molecule has 0 saturated carbocycles. The summed E-state index contributed by atoms with van der Waals surface area (Å²) in [5.74, 6) is 1.50. The van der Waals surface area contributed by atoms with Gasteiger partial charge in [0, 0.05) is 18.2 Å². The second-order valence-corrected chi connectivity index (χ2v) is 7.22. The lowest BCUT2D eigenvalue weighted by molar-refractivity contribution is -0.886. The summed E-state index contributed by atoms with van der Waals surface area (Å²) in [6.07, 6.45) is 3.25. The van der Waals surface area contributed by atoms with Gasteiger partial charge in [-0.3, -0.25) is 4.79 Å². The third kappa shape index (κ3) is 5.33. The van der Waals surface area contributed by atoms with Crippen LogP contribution in [0.1, 0.15) is 12.0 Å². The van der Waals surface area contributed by atoms with E-state index in [0.29, 0.717) is 12.3 Å². The average Bonchev–Trinajstić information content (AvgIpc) is 2.76. The summed E-state index contributed by atoms with van der Waals surface area (Å²) in [5.41, 5.74) is 3.41. The topological polar surface area (TPSA) is 42.8 Å². The Morgan fingerprint density at radius 3 is 2.34 bits per heavy atom. The fourth-order valence-electron chi connectivity index (χ4n) is 3.55. The molecule has 0 radical (unpaired) electrons. The third-order valence-corrected chi connectivity index (χ3v) is 5.04. The van der Waals surface area contributed by atoms with E-state index in [4.69, 9.17) is 4.74 Å². The van der Waals surface area contributed by atoms with Crippen LogP contribution in [0, 0.1) is 0 Å². The van der Waals surface area contributed by atoms with Gasteiger partial charge in [0.2, 0.25) is 0 Å². The lowest BCUT2D eigenvalue weighted by Gasteiger charge is -2.23. The van der Waals surface area contributed by atoms with Crippen LogP contribution in [0.3, 0.4) is 0 Å². The van der Waals surface area contributed by atoms with E-state index in [0.717, 1.165) is 30.9 Å². The highest BCUT2D eigenvalue weighted by molar-refractivity contribution is 5.91. The number of amides is 1. The molecule has 1 unspecified atom stereocenters. The van der Waals surface area contributed by atoms with Gasteiger partial charge < -0.3 is 15.0 Å². The van der Waals surface area contributed by atoms with Crippen LogP contribution >= 0.6 is 0 Å². The smallest absolute Gasteiger partial charge is 0.279 e. The van der Waals surface area contributed by atoms with Crippen LogP contribution in [0.5, 0.6) is 11.5 Å². The van der Waals surface area contributed by atoms with Gasteiger partial charge in [-0.25, -0.2) is 0 Å². The van der Waals surface area contributed by atoms with E-state index in [1.807, 2.05) is 60.7 Å². The molecule has 1 aliphatic heterocycles. The molecule has 0 aliphatic carbocycles. The molecule has 1 heterocycles. The highest BCUT2D eigenvalue weighted by Crippen LogP contribution is 2.23. The number of benzene rings is 3. The van der Waals surface area contributed by atoms with Crippen molar-refractivity contribution in [1.82, 2.24) is 0 Å². The minimum Gasteiger partial charge on any atom is -0.457 e. The first-order chi connectivity index (χ1) is 14.3. The molecule has 0 aromatic heterocycles. The predicted molar refractivity (Wildman–Crippen MR) is 116 cm³/mol. The van der Waals surface area contributed by atoms with E-state index in [-0.39, 0.29) is 5.91 Å². The number of quaternary nitrogens is 1. The third-order valence-electron chi connectivity index (χ3n) is 5.04. The number of carbonyl (C=O) groups excluding carboxylic acids is 1. The van der Waals surface area contributed by atoms with Crippen molar-refractivity contribution >= 4 is 17.2 Å². The van der Waals surface area contributed by atoms with Gasteiger partial charge >= 0.3 is 0 Å². The van der Waals surface area contributed by atoms with Crippen LogP contribution in [0.15, 0.2) is 91.0 Å². The lowest BCUT2D eigenvalue weighted by Crippen LogP contribution is -3.13. The van der Waals surface area contributed by atoms with E-state index in [1.165, 1.54) is 16.0 Å². The maximum absolute atomic E-state index is 12.5. The molecule has 0 spiro atoms. The highest BCUT2D eigenvalue weighted by atomic mass is 16.5. The molecule has 1 amide bonds. The van der Waals surface area contributed by atoms with Crippen molar-refractivity contribution in [1.29, 1.82) is 0 Å². The number of carbonyl (C=O) groups is 1. The van der Waals surface area contributed by atoms with E-state index in [2.05, 4.69) is 35.7 Å². The Morgan fingerprint density at radius 2 is 1.62 bits per heavy atom. The molecule has 0 bridgehead atoms. The SMILES string of the molecule is O=C(C[NH+]1CC=C(c2ccccc2)CC1)Nc1cccc(Oc2ccccc2)c1. The van der Waals surface area contributed by atoms with Crippen molar-refractivity contribution in [3.8, 4) is 11.5 Å². The van der Waals surface area contributed by atoms with E-state index < -0.39 is 0 Å². The van der Waals surface area contributed by atoms with E-state index >= 15 is 0 Å². The van der Waals surface area contributed by atoms with Crippen LogP contribution in [-0.2, 0) is 4.79 Å². The molecule has 29 heavy (non-hydrogen) atoms. The fourth-order valence-corrected chi connectivity index (χ4v) is 3.55. The van der Waals surface area contributed by atoms with Crippen molar-refractivity contribution < 1.29 is 14.4 Å². The van der Waals surface area contributed by atoms with Crippen LogP contribution < -0.4 is 15.0 Å². The predicted octanol–water partition coefficient (Wildman–Crippen LogP) is 3.79. The molecule has 3 aromatic rings. The first kappa shape index (κ1) is 19.0. The molecule has 0 saturated heterocycles. The summed E-state index contributed by atoms with van der Waals surface area (Å²) < 4.78 is 5.84. The quantitative estimate of drug-likeness (QED) is 0.678. The van der Waals surface area contributed by atoms with Crippen molar-refractivity contribution in [2.45, 2.75) is 6.42 Å². The van der Waals surface area contributed by atoms with Gasteiger partial charge in [-0.1, -0.05) is 54.6 Å². The molecule has 4 heteroatoms. The first-order valence-electron chi connectivity index (χ1n) is 9.97. The molecule has 3 aromatic carbocycles. The molecule has 4 rings (SSSR count). The Labute approximate surface area is 171 Å². The Balaban J connectivity index is 1.31. The van der Waals surface area contributed by atoms with Crippen molar-refractivity contribution in [2.75, 3.05) is 25.0 Å². The van der Waals surface area contributed by atoms with Crippen LogP contribution in [0.25, 0.3) is 5.57 Å². The fraction of sp³-hybridized carbons (Fsp3) is 0.160. The second-order valence-electron chi connectivity index (χ2n) is 7.22. The number of para-hydroxylation sites is 1. The summed E-state index contributed by atoms with van der Waals surface area (Å²) >= 11 is 0. The average molecular weight is 385 g/mol. The number of ether oxygens (including phenoxy) is 1. The largest absolute Gasteiger partial charge is 0.457 e. The number of hydrogen-bond donors (Lipinski definition) is 2. The van der Waals surface area contributed by atoms with Crippen LogP contribution in [0.2, 0.25) is 0 Å². The van der Waals surface area contributed by atoms with Gasteiger partial charge in [-0.05, 0) is 41.5 Å². The van der Waals surface area contributed by atoms with Gasteiger partial charge in [-0.15, -0.1) is 0 Å². The van der Waals surface area contributed by atoms with E-state index in [9.17, 15) is 4.79 Å². The molecule has 2 N–H and O–H groups in total. The molecule has 1 aliphatic rings. The number of rotatable bonds is 6. The van der Waals surface area contributed by atoms with Gasteiger partial charge in [0.15, 0.2) is 6.54 Å². The highest BCUT2D eigenvalue weighted by Gasteiger charge is 2.19. The molecular weight excluding hydrogens is 360 g/mol. The molecule has 0 fully saturated rings. The van der Waals surface area contributed by atoms with E-state index in [1.54, 1.807) is 0 Å². The molecule has 4 nitrogen and oxygen atoms in total. The Bertz CT molecular complexity index is 984.